The quantitative estimate of drug-likeness (QED) is 0.00695. The summed E-state index contributed by atoms with van der Waals surface area (Å²) in [7, 11) is 2.17. The minimum Gasteiger partial charge on any atom is -0.477 e. The molecule has 2 saturated heterocycles. The van der Waals surface area contributed by atoms with Crippen LogP contribution in [0, 0.1) is 23.2 Å². The lowest BCUT2D eigenvalue weighted by Crippen LogP contribution is -2.64. The molecule has 37 nitrogen and oxygen atoms in total. The van der Waals surface area contributed by atoms with E-state index < -0.39 is 146 Å². The van der Waals surface area contributed by atoms with Gasteiger partial charge in [0.2, 0.25) is 29.2 Å². The zero-order valence-electron chi connectivity index (χ0n) is 49.6. The molecule has 0 radical (unpaired) electrons. The van der Waals surface area contributed by atoms with E-state index in [9.17, 15) is 43.2 Å². The number of hydrogen-bond acceptors (Lipinski definition) is 28. The highest BCUT2D eigenvalue weighted by atomic mass is 16.8. The normalized spacial score (nSPS) is 21.4. The lowest BCUT2D eigenvalue weighted by molar-refractivity contribution is -0.148. The number of ether oxygens (including phenoxy) is 17. The van der Waals surface area contributed by atoms with E-state index in [1.807, 2.05) is 0 Å². The molecule has 4 aliphatic heterocycles. The number of cyclic esters (lactones) is 4. The Morgan fingerprint density at radius 2 is 0.966 bits per heavy atom. The number of nitrogens with one attached hydrogen (secondary N) is 8. The first-order chi connectivity index (χ1) is 42.7. The summed E-state index contributed by atoms with van der Waals surface area (Å²) in [6.45, 7) is 3.51. The summed E-state index contributed by atoms with van der Waals surface area (Å²) in [5.74, 6) is -2.91. The second-order valence-corrected chi connectivity index (χ2v) is 18.9. The third kappa shape index (κ3) is 26.7. The number of guanidine groups is 2. The monoisotopic (exact) mass is 1270 g/mol. The smallest absolute Gasteiger partial charge is 0.477 e. The van der Waals surface area contributed by atoms with Crippen LogP contribution in [0.3, 0.4) is 0 Å². The summed E-state index contributed by atoms with van der Waals surface area (Å²) in [5.41, 5.74) is 11.2. The van der Waals surface area contributed by atoms with Gasteiger partial charge in [0, 0.05) is 40.0 Å². The Bertz CT molecular complexity index is 2490. The molecule has 2 fully saturated rings. The summed E-state index contributed by atoms with van der Waals surface area (Å²) in [6, 6.07) is -4.52. The Balaban J connectivity index is 1.28. The number of carbonyl (C=O) groups excluding carboxylic acids is 9. The Hall–Kier alpha value is -8.67. The molecule has 0 bridgehead atoms. The maximum atomic E-state index is 13.5. The summed E-state index contributed by atoms with van der Waals surface area (Å²) in [5, 5.41) is 31.0. The molecule has 498 valence electrons. The molecule has 0 aromatic heterocycles. The third-order valence-corrected chi connectivity index (χ3v) is 12.4. The molecular weight excluding hydrogens is 1190 g/mol. The number of amides is 5. The topological polar surface area (TPSA) is 486 Å². The number of terminal acetylenes is 1. The Morgan fingerprint density at radius 1 is 0.584 bits per heavy atom. The van der Waals surface area contributed by atoms with Crippen molar-refractivity contribution in [2.45, 2.75) is 81.1 Å². The number of hydrogen-bond donors (Lipinski definition) is 10. The van der Waals surface area contributed by atoms with Gasteiger partial charge in [-0.3, -0.25) is 25.2 Å². The van der Waals surface area contributed by atoms with Gasteiger partial charge in [0.1, 0.15) is 19.8 Å². The zero-order valence-corrected chi connectivity index (χ0v) is 49.6. The fourth-order valence-electron chi connectivity index (χ4n) is 8.61. The Morgan fingerprint density at radius 3 is 1.34 bits per heavy atom. The van der Waals surface area contributed by atoms with E-state index in [0.29, 0.717) is 26.4 Å². The molecule has 12 N–H and O–H groups in total. The van der Waals surface area contributed by atoms with E-state index >= 15 is 0 Å². The third-order valence-electron chi connectivity index (χ3n) is 12.4. The maximum absolute atomic E-state index is 13.5. The van der Waals surface area contributed by atoms with Crippen LogP contribution in [-0.2, 0) is 104 Å². The molecule has 0 aliphatic carbocycles. The number of nitrogens with two attached hydrogens (primary N) is 2. The Kier molecular flexibility index (Phi) is 32.7. The number of methoxy groups -OCH3 is 2. The fourth-order valence-corrected chi connectivity index (χ4v) is 8.61. The van der Waals surface area contributed by atoms with Crippen molar-refractivity contribution >= 4 is 66.1 Å². The molecule has 10 atom stereocenters. The molecule has 0 aromatic rings. The first-order valence-corrected chi connectivity index (χ1v) is 27.7. The molecule has 0 spiro atoms. The van der Waals surface area contributed by atoms with Gasteiger partial charge in [0.15, 0.2) is 48.5 Å². The Labute approximate surface area is 510 Å². The van der Waals surface area contributed by atoms with Gasteiger partial charge in [-0.05, 0) is 12.2 Å². The molecular formula is C52H79N11O26. The maximum Gasteiger partial charge on any atom is 0.508 e. The highest BCUT2D eigenvalue weighted by molar-refractivity contribution is 5.88. The standard InChI is InChI=1S/C52H79N11O26/c1-6-12-75-18-22-80-24-25-81-23-19-76-13-7-38(66)63(10-16-77-14-8-57-49(69)88-41(36-28-82-51(71)86-36)43-39(59-30(2)64)32(61-47(53)54)26-34(84-43)45(67)73-4)11-17-79-21-20-78-15-9-58-50(70)89-42(37-29-83-52(72)87-37)44-40(60-31(3)65)33(62-48(55)56)27-35(85-44)46(68)74-5/h1,26-27,32-33,36-37,39-44H,7-25,28-29H2,2-5H3,(H,57,69)(H,58,70)(H,59,64)(H,60,65)(H4,53,54,61)(H4,55,56,62)/t32-,33-,36+,37+,39+,40+,41+,42+,43+,44+/m0/s1. The van der Waals surface area contributed by atoms with Crippen molar-refractivity contribution in [1.82, 2.24) is 36.8 Å². The molecule has 4 heterocycles. The number of carbonyl (C=O) groups is 9. The van der Waals surface area contributed by atoms with Crippen LogP contribution in [0.4, 0.5) is 19.2 Å². The number of rotatable bonds is 40. The van der Waals surface area contributed by atoms with Crippen LogP contribution in [-0.4, -0.2) is 278 Å². The second kappa shape index (κ2) is 40.0. The van der Waals surface area contributed by atoms with Gasteiger partial charge in [-0.25, -0.2) is 28.8 Å². The van der Waals surface area contributed by atoms with Gasteiger partial charge in [-0.2, -0.15) is 0 Å². The van der Waals surface area contributed by atoms with Crippen molar-refractivity contribution < 1.29 is 124 Å². The van der Waals surface area contributed by atoms with E-state index in [0.717, 1.165) is 14.2 Å². The van der Waals surface area contributed by atoms with E-state index in [1.165, 1.54) is 30.9 Å². The molecule has 4 aliphatic rings. The van der Waals surface area contributed by atoms with Crippen molar-refractivity contribution in [3.05, 3.63) is 23.7 Å². The first kappa shape index (κ1) is 72.8. The average molecular weight is 1270 g/mol. The van der Waals surface area contributed by atoms with Gasteiger partial charge in [-0.1, -0.05) is 5.92 Å². The molecule has 0 aromatic carbocycles. The lowest BCUT2D eigenvalue weighted by Gasteiger charge is -2.41. The highest BCUT2D eigenvalue weighted by Gasteiger charge is 2.52. The van der Waals surface area contributed by atoms with Crippen LogP contribution in [0.2, 0.25) is 0 Å². The average Bonchev–Trinajstić information content (AvgIpc) is 1.67. The molecule has 89 heavy (non-hydrogen) atoms. The first-order valence-electron chi connectivity index (χ1n) is 27.7. The molecule has 0 unspecified atom stereocenters. The molecule has 5 amide bonds. The van der Waals surface area contributed by atoms with Gasteiger partial charge in [0.25, 0.3) is 0 Å². The molecule has 37 heteroatoms. The summed E-state index contributed by atoms with van der Waals surface area (Å²) in [4.78, 5) is 116. The zero-order chi connectivity index (χ0) is 65.1. The minimum atomic E-state index is -1.55. The predicted octanol–water partition coefficient (Wildman–Crippen LogP) is -4.16. The summed E-state index contributed by atoms with van der Waals surface area (Å²) in [6.07, 6.45) is -5.30. The summed E-state index contributed by atoms with van der Waals surface area (Å²) >= 11 is 0. The number of alkyl carbamates (subject to hydrolysis) is 2. The van der Waals surface area contributed by atoms with Crippen LogP contribution >= 0.6 is 0 Å². The SMILES string of the molecule is C#CCOCCOCCOCCOCCC(=O)N(CCOCCNC(=O)O[C@@H]([C@@H]1OC(C(=O)OC)=C[C@H](NC(=N)N)[C@H]1NC(C)=O)[C@H]1COC(=O)O1)CCOCCOCCNC(=O)O[C@@H]([C@@H]1OC(C(=O)OC)=C[C@H](NC(=N)N)[C@H]1NC(C)=O)[C@H]1COC(=O)O1. The van der Waals surface area contributed by atoms with Crippen LogP contribution in [0.1, 0.15) is 20.3 Å². The van der Waals surface area contributed by atoms with E-state index in [4.69, 9.17) is 109 Å². The summed E-state index contributed by atoms with van der Waals surface area (Å²) < 4.78 is 91.8. The van der Waals surface area contributed by atoms with E-state index in [-0.39, 0.29) is 105 Å². The van der Waals surface area contributed by atoms with Gasteiger partial charge in [0.05, 0.1) is 131 Å². The van der Waals surface area contributed by atoms with Crippen molar-refractivity contribution in [2.75, 3.05) is 146 Å². The molecule has 4 rings (SSSR count). The second-order valence-electron chi connectivity index (χ2n) is 18.9. The minimum absolute atomic E-state index is 0.0135. The fraction of sp³-hybridized carbons (Fsp3) is 0.673. The lowest BCUT2D eigenvalue weighted by atomic mass is 9.91. The largest absolute Gasteiger partial charge is 0.508 e. The van der Waals surface area contributed by atoms with Crippen molar-refractivity contribution in [2.24, 2.45) is 11.5 Å². The van der Waals surface area contributed by atoms with Gasteiger partial charge in [-0.15, -0.1) is 6.42 Å². The van der Waals surface area contributed by atoms with E-state index in [1.54, 1.807) is 0 Å². The van der Waals surface area contributed by atoms with Crippen LogP contribution in [0.5, 0.6) is 0 Å². The van der Waals surface area contributed by atoms with Crippen molar-refractivity contribution in [3.63, 3.8) is 0 Å². The van der Waals surface area contributed by atoms with Gasteiger partial charge < -0.3 is 129 Å². The number of esters is 2. The van der Waals surface area contributed by atoms with Crippen LogP contribution in [0.25, 0.3) is 0 Å². The van der Waals surface area contributed by atoms with Crippen molar-refractivity contribution in [1.29, 1.82) is 10.8 Å². The van der Waals surface area contributed by atoms with Crippen molar-refractivity contribution in [3.8, 4) is 12.3 Å². The molecule has 0 saturated carbocycles. The number of nitrogens with zero attached hydrogens (tertiary/aromatic N) is 1. The van der Waals surface area contributed by atoms with E-state index in [2.05, 4.69) is 37.8 Å². The van der Waals surface area contributed by atoms with Gasteiger partial charge >= 0.3 is 36.4 Å². The predicted molar refractivity (Wildman–Crippen MR) is 298 cm³/mol. The highest BCUT2D eigenvalue weighted by Crippen LogP contribution is 2.30. The van der Waals surface area contributed by atoms with Crippen LogP contribution in [0.15, 0.2) is 23.7 Å². The van der Waals surface area contributed by atoms with Crippen LogP contribution < -0.4 is 43.4 Å².